The van der Waals surface area contributed by atoms with Gasteiger partial charge < -0.3 is 10.2 Å². The molecule has 0 aromatic heterocycles. The first-order valence-electron chi connectivity index (χ1n) is 10.4. The molecule has 0 spiro atoms. The summed E-state index contributed by atoms with van der Waals surface area (Å²) in [5.41, 5.74) is 0.453. The standard InChI is InChI=1S/C20H27N3O4S2/c24-19-18(20(25)23-11-5-1-2-6-12-23)28-17-10-9-15(13-16(17)21-19)29(26,27)22-14-7-3-4-8-14/h9-10,13-14,18,22H,1-8,11-12H2,(H,21,24)/t18-/m1/s1. The third kappa shape index (κ3) is 4.62. The van der Waals surface area contributed by atoms with E-state index in [4.69, 9.17) is 0 Å². The number of carbonyl (C=O) groups excluding carboxylic acids is 2. The van der Waals surface area contributed by atoms with E-state index in [2.05, 4.69) is 10.0 Å². The van der Waals surface area contributed by atoms with Crippen molar-refractivity contribution in [2.45, 2.75) is 72.4 Å². The number of nitrogens with one attached hydrogen (secondary N) is 2. The minimum absolute atomic E-state index is 0.0179. The lowest BCUT2D eigenvalue weighted by Gasteiger charge is -2.29. The summed E-state index contributed by atoms with van der Waals surface area (Å²) in [5, 5.41) is 1.93. The minimum Gasteiger partial charge on any atom is -0.341 e. The van der Waals surface area contributed by atoms with Gasteiger partial charge in [0.05, 0.1) is 10.6 Å². The topological polar surface area (TPSA) is 95.6 Å². The Morgan fingerprint density at radius 1 is 1.07 bits per heavy atom. The van der Waals surface area contributed by atoms with Crippen LogP contribution in [0, 0.1) is 0 Å². The van der Waals surface area contributed by atoms with Gasteiger partial charge in [-0.15, -0.1) is 11.8 Å². The fraction of sp³-hybridized carbons (Fsp3) is 0.600. The van der Waals surface area contributed by atoms with Crippen LogP contribution in [0.4, 0.5) is 5.69 Å². The molecule has 1 aromatic rings. The molecule has 2 heterocycles. The number of anilines is 1. The van der Waals surface area contributed by atoms with E-state index in [1.165, 1.54) is 17.8 Å². The highest BCUT2D eigenvalue weighted by Gasteiger charge is 2.36. The number of amides is 2. The number of fused-ring (bicyclic) bond motifs is 1. The molecule has 1 aliphatic carbocycles. The first-order valence-corrected chi connectivity index (χ1v) is 12.7. The maximum atomic E-state index is 12.9. The van der Waals surface area contributed by atoms with Crippen LogP contribution < -0.4 is 10.0 Å². The predicted octanol–water partition coefficient (Wildman–Crippen LogP) is 2.72. The summed E-state index contributed by atoms with van der Waals surface area (Å²) in [6.45, 7) is 1.39. The molecule has 9 heteroatoms. The van der Waals surface area contributed by atoms with Gasteiger partial charge in [-0.25, -0.2) is 13.1 Å². The van der Waals surface area contributed by atoms with Crippen molar-refractivity contribution in [1.82, 2.24) is 9.62 Å². The van der Waals surface area contributed by atoms with Crippen molar-refractivity contribution >= 4 is 39.3 Å². The molecule has 0 unspecified atom stereocenters. The van der Waals surface area contributed by atoms with Crippen LogP contribution in [0.2, 0.25) is 0 Å². The van der Waals surface area contributed by atoms with Crippen molar-refractivity contribution in [2.24, 2.45) is 0 Å². The van der Waals surface area contributed by atoms with Crippen LogP contribution in [0.3, 0.4) is 0 Å². The third-order valence-corrected chi connectivity index (χ3v) is 8.60. The molecule has 0 radical (unpaired) electrons. The highest BCUT2D eigenvalue weighted by atomic mass is 32.2. The van der Waals surface area contributed by atoms with E-state index in [1.807, 2.05) is 0 Å². The SMILES string of the molecule is O=C1Nc2cc(S(=O)(=O)NC3CCCC3)ccc2S[C@H]1C(=O)N1CCCCCC1. The van der Waals surface area contributed by atoms with Crippen LogP contribution >= 0.6 is 11.8 Å². The molecule has 2 fully saturated rings. The molecule has 2 aliphatic heterocycles. The highest BCUT2D eigenvalue weighted by molar-refractivity contribution is 8.01. The second-order valence-electron chi connectivity index (χ2n) is 7.99. The van der Waals surface area contributed by atoms with Gasteiger partial charge in [-0.05, 0) is 43.9 Å². The monoisotopic (exact) mass is 437 g/mol. The van der Waals surface area contributed by atoms with E-state index in [0.717, 1.165) is 56.3 Å². The number of sulfonamides is 1. The Balaban J connectivity index is 1.50. The molecule has 0 bridgehead atoms. The molecule has 1 aromatic carbocycles. The number of rotatable bonds is 4. The van der Waals surface area contributed by atoms with E-state index in [1.54, 1.807) is 17.0 Å². The van der Waals surface area contributed by atoms with Gasteiger partial charge in [-0.3, -0.25) is 9.59 Å². The molecule has 7 nitrogen and oxygen atoms in total. The third-order valence-electron chi connectivity index (χ3n) is 5.82. The smallest absolute Gasteiger partial charge is 0.247 e. The summed E-state index contributed by atoms with van der Waals surface area (Å²) in [7, 11) is -3.63. The molecule has 1 atom stereocenters. The van der Waals surface area contributed by atoms with Crippen LogP contribution in [0.25, 0.3) is 0 Å². The molecule has 1 saturated heterocycles. The van der Waals surface area contributed by atoms with Crippen molar-refractivity contribution in [3.8, 4) is 0 Å². The van der Waals surface area contributed by atoms with Gasteiger partial charge >= 0.3 is 0 Å². The zero-order valence-corrected chi connectivity index (χ0v) is 18.0. The van der Waals surface area contributed by atoms with Crippen LogP contribution in [-0.4, -0.2) is 49.5 Å². The molecule has 1 saturated carbocycles. The fourth-order valence-electron chi connectivity index (χ4n) is 4.21. The van der Waals surface area contributed by atoms with Gasteiger partial charge in [0.1, 0.15) is 0 Å². The van der Waals surface area contributed by atoms with Crippen molar-refractivity contribution in [2.75, 3.05) is 18.4 Å². The summed E-state index contributed by atoms with van der Waals surface area (Å²) in [6.07, 6.45) is 7.96. The van der Waals surface area contributed by atoms with Crippen LogP contribution in [0.15, 0.2) is 28.0 Å². The Hall–Kier alpha value is -1.58. The molecule has 29 heavy (non-hydrogen) atoms. The molecule has 4 rings (SSSR count). The Kier molecular flexibility index (Phi) is 6.17. The van der Waals surface area contributed by atoms with E-state index in [-0.39, 0.29) is 22.8 Å². The molecule has 3 aliphatic rings. The number of nitrogens with zero attached hydrogens (tertiary/aromatic N) is 1. The van der Waals surface area contributed by atoms with Crippen molar-refractivity contribution < 1.29 is 18.0 Å². The Labute approximate surface area is 176 Å². The van der Waals surface area contributed by atoms with Gasteiger partial charge in [0.2, 0.25) is 21.8 Å². The van der Waals surface area contributed by atoms with Gasteiger partial charge in [-0.1, -0.05) is 25.7 Å². The number of carbonyl (C=O) groups is 2. The molecule has 158 valence electrons. The number of likely N-dealkylation sites (tertiary alicyclic amines) is 1. The van der Waals surface area contributed by atoms with Gasteiger partial charge in [0.15, 0.2) is 5.25 Å². The summed E-state index contributed by atoms with van der Waals surface area (Å²) in [5.74, 6) is -0.533. The minimum atomic E-state index is -3.63. The van der Waals surface area contributed by atoms with Crippen LogP contribution in [-0.2, 0) is 19.6 Å². The maximum absolute atomic E-state index is 12.9. The van der Waals surface area contributed by atoms with Crippen molar-refractivity contribution in [1.29, 1.82) is 0 Å². The highest BCUT2D eigenvalue weighted by Crippen LogP contribution is 2.38. The molecule has 2 amide bonds. The van der Waals surface area contributed by atoms with E-state index in [0.29, 0.717) is 18.8 Å². The Morgan fingerprint density at radius 2 is 1.76 bits per heavy atom. The normalized spacial score (nSPS) is 23.4. The van der Waals surface area contributed by atoms with E-state index < -0.39 is 15.3 Å². The number of hydrogen-bond acceptors (Lipinski definition) is 5. The van der Waals surface area contributed by atoms with Crippen molar-refractivity contribution in [3.05, 3.63) is 18.2 Å². The lowest BCUT2D eigenvalue weighted by molar-refractivity contribution is -0.133. The Bertz CT molecular complexity index is 889. The first kappa shape index (κ1) is 20.7. The lowest BCUT2D eigenvalue weighted by atomic mass is 10.2. The van der Waals surface area contributed by atoms with Crippen molar-refractivity contribution in [3.63, 3.8) is 0 Å². The van der Waals surface area contributed by atoms with E-state index in [9.17, 15) is 18.0 Å². The maximum Gasteiger partial charge on any atom is 0.247 e. The zero-order chi connectivity index (χ0) is 20.4. The van der Waals surface area contributed by atoms with Gasteiger partial charge in [0.25, 0.3) is 0 Å². The van der Waals surface area contributed by atoms with Gasteiger partial charge in [0, 0.05) is 24.0 Å². The summed E-state index contributed by atoms with van der Waals surface area (Å²) < 4.78 is 28.1. The molecular weight excluding hydrogens is 410 g/mol. The molecular formula is C20H27N3O4S2. The quantitative estimate of drug-likeness (QED) is 0.706. The van der Waals surface area contributed by atoms with Gasteiger partial charge in [-0.2, -0.15) is 0 Å². The van der Waals surface area contributed by atoms with E-state index >= 15 is 0 Å². The summed E-state index contributed by atoms with van der Waals surface area (Å²) >= 11 is 1.21. The zero-order valence-electron chi connectivity index (χ0n) is 16.4. The lowest BCUT2D eigenvalue weighted by Crippen LogP contribution is -2.45. The predicted molar refractivity (Wildman–Crippen MR) is 112 cm³/mol. The summed E-state index contributed by atoms with van der Waals surface area (Å²) in [4.78, 5) is 28.2. The number of thioether (sulfide) groups is 1. The fourth-order valence-corrected chi connectivity index (χ4v) is 6.59. The average molecular weight is 438 g/mol. The van der Waals surface area contributed by atoms with Crippen LogP contribution in [0.1, 0.15) is 51.4 Å². The number of benzene rings is 1. The largest absolute Gasteiger partial charge is 0.341 e. The summed E-state index contributed by atoms with van der Waals surface area (Å²) in [6, 6.07) is 4.71. The average Bonchev–Trinajstić information content (AvgIpc) is 3.04. The Morgan fingerprint density at radius 3 is 2.45 bits per heavy atom. The van der Waals surface area contributed by atoms with Crippen LogP contribution in [0.5, 0.6) is 0 Å². The number of hydrogen-bond donors (Lipinski definition) is 2. The molecule has 2 N–H and O–H groups in total. The first-order chi connectivity index (χ1) is 13.9. The second kappa shape index (κ2) is 8.65. The second-order valence-corrected chi connectivity index (χ2v) is 10.8.